The smallest absolute Gasteiger partial charge is 0.344 e. The van der Waals surface area contributed by atoms with Gasteiger partial charge in [-0.3, -0.25) is 4.79 Å². The van der Waals surface area contributed by atoms with Crippen LogP contribution in [0.3, 0.4) is 0 Å². The monoisotopic (exact) mass is 292 g/mol. The number of hydrogen-bond donors (Lipinski definition) is 0. The fourth-order valence-corrected chi connectivity index (χ4v) is 4.56. The maximum atomic E-state index is 12.0. The highest BCUT2D eigenvalue weighted by Gasteiger charge is 2.45. The molecule has 2 aliphatic rings. The molecule has 1 unspecified atom stereocenters. The minimum absolute atomic E-state index is 0.147. The molecular formula is C15H16O4S. The molecule has 20 heavy (non-hydrogen) atoms. The largest absolute Gasteiger partial charge is 0.463 e. The highest BCUT2D eigenvalue weighted by atomic mass is 32.2. The van der Waals surface area contributed by atoms with Crippen molar-refractivity contribution in [2.24, 2.45) is 0 Å². The Morgan fingerprint density at radius 3 is 3.10 bits per heavy atom. The highest BCUT2D eigenvalue weighted by Crippen LogP contribution is 2.52. The standard InChI is InChI=1S/C15H16O4S/c1-9-6-12-11(14(17)19-9)7-10-4-3-5-13(18-8-16)15(10,2)20-12/h6-8,13H,3-5H2,1-2H3/t13?,15-/m0/s1. The van der Waals surface area contributed by atoms with Crippen molar-refractivity contribution in [2.45, 2.75) is 48.9 Å². The number of ether oxygens (including phenoxy) is 1. The molecule has 2 heterocycles. The van der Waals surface area contributed by atoms with Crippen LogP contribution in [0.25, 0.3) is 6.08 Å². The van der Waals surface area contributed by atoms with E-state index in [0.717, 1.165) is 29.7 Å². The van der Waals surface area contributed by atoms with Gasteiger partial charge in [0.05, 0.1) is 10.3 Å². The van der Waals surface area contributed by atoms with Gasteiger partial charge in [-0.1, -0.05) is 0 Å². The number of aryl methyl sites for hydroxylation is 1. The van der Waals surface area contributed by atoms with E-state index in [2.05, 4.69) is 6.92 Å². The summed E-state index contributed by atoms with van der Waals surface area (Å²) in [5, 5.41) is 0. The number of carbonyl (C=O) groups is 1. The number of carbonyl (C=O) groups excluding carboxylic acids is 1. The van der Waals surface area contributed by atoms with E-state index in [4.69, 9.17) is 9.15 Å². The predicted molar refractivity (Wildman–Crippen MR) is 76.7 cm³/mol. The van der Waals surface area contributed by atoms with Gasteiger partial charge in [0.15, 0.2) is 0 Å². The molecule has 0 aromatic carbocycles. The summed E-state index contributed by atoms with van der Waals surface area (Å²) >= 11 is 1.61. The summed E-state index contributed by atoms with van der Waals surface area (Å²) in [6.45, 7) is 4.38. The summed E-state index contributed by atoms with van der Waals surface area (Å²) in [6.07, 6.45) is 4.53. The number of fused-ring (bicyclic) bond motifs is 2. The van der Waals surface area contributed by atoms with Crippen molar-refractivity contribution in [1.82, 2.24) is 0 Å². The Morgan fingerprint density at radius 2 is 2.35 bits per heavy atom. The zero-order chi connectivity index (χ0) is 14.3. The van der Waals surface area contributed by atoms with Crippen LogP contribution in [0.2, 0.25) is 0 Å². The van der Waals surface area contributed by atoms with E-state index in [1.165, 1.54) is 0 Å². The summed E-state index contributed by atoms with van der Waals surface area (Å²) in [4.78, 5) is 23.6. The molecule has 0 N–H and O–H groups in total. The molecule has 0 spiro atoms. The van der Waals surface area contributed by atoms with Crippen molar-refractivity contribution in [2.75, 3.05) is 0 Å². The summed E-state index contributed by atoms with van der Waals surface area (Å²) in [5.41, 5.74) is 1.49. The van der Waals surface area contributed by atoms with Gasteiger partial charge in [-0.05, 0) is 50.8 Å². The Labute approximate surface area is 121 Å². The van der Waals surface area contributed by atoms with Crippen LogP contribution in [0.4, 0.5) is 0 Å². The second-order valence-corrected chi connectivity index (χ2v) is 6.91. The van der Waals surface area contributed by atoms with Crippen molar-refractivity contribution in [3.05, 3.63) is 33.4 Å². The highest BCUT2D eigenvalue weighted by molar-refractivity contribution is 8.01. The first-order valence-corrected chi connectivity index (χ1v) is 7.50. The molecule has 0 radical (unpaired) electrons. The van der Waals surface area contributed by atoms with Gasteiger partial charge >= 0.3 is 5.63 Å². The van der Waals surface area contributed by atoms with Crippen LogP contribution in [0.5, 0.6) is 0 Å². The van der Waals surface area contributed by atoms with Gasteiger partial charge in [-0.2, -0.15) is 0 Å². The molecule has 5 heteroatoms. The summed E-state index contributed by atoms with van der Waals surface area (Å²) in [7, 11) is 0. The van der Waals surface area contributed by atoms with Gasteiger partial charge in [0, 0.05) is 4.90 Å². The van der Waals surface area contributed by atoms with E-state index in [9.17, 15) is 9.59 Å². The average molecular weight is 292 g/mol. The lowest BCUT2D eigenvalue weighted by atomic mass is 9.81. The fraction of sp³-hybridized carbons (Fsp3) is 0.467. The van der Waals surface area contributed by atoms with Crippen molar-refractivity contribution in [1.29, 1.82) is 0 Å². The van der Waals surface area contributed by atoms with E-state index < -0.39 is 0 Å². The van der Waals surface area contributed by atoms with Crippen LogP contribution in [0, 0.1) is 6.92 Å². The molecule has 1 aromatic rings. The van der Waals surface area contributed by atoms with Crippen LogP contribution in [-0.4, -0.2) is 17.3 Å². The van der Waals surface area contributed by atoms with Gasteiger partial charge in [-0.25, -0.2) is 4.79 Å². The van der Waals surface area contributed by atoms with Crippen molar-refractivity contribution >= 4 is 24.3 Å². The number of thioether (sulfide) groups is 1. The molecule has 1 aliphatic carbocycles. The quantitative estimate of drug-likeness (QED) is 0.784. The van der Waals surface area contributed by atoms with E-state index in [1.807, 2.05) is 12.1 Å². The Kier molecular flexibility index (Phi) is 3.24. The molecule has 3 rings (SSSR count). The molecule has 4 nitrogen and oxygen atoms in total. The fourth-order valence-electron chi connectivity index (χ4n) is 3.03. The maximum Gasteiger partial charge on any atom is 0.344 e. The third-order valence-corrected chi connectivity index (χ3v) is 5.61. The first-order valence-electron chi connectivity index (χ1n) is 6.68. The SMILES string of the molecule is Cc1cc2c(c(=O)o1)C=C1CCCC(OC=O)[C@@]1(C)S2. The summed E-state index contributed by atoms with van der Waals surface area (Å²) in [6, 6.07) is 1.88. The van der Waals surface area contributed by atoms with E-state index in [0.29, 0.717) is 17.8 Å². The minimum Gasteiger partial charge on any atom is -0.463 e. The first kappa shape index (κ1) is 13.5. The lowest BCUT2D eigenvalue weighted by molar-refractivity contribution is -0.135. The topological polar surface area (TPSA) is 56.5 Å². The zero-order valence-corrected chi connectivity index (χ0v) is 12.3. The number of hydrogen-bond acceptors (Lipinski definition) is 5. The molecule has 1 fully saturated rings. The second kappa shape index (κ2) is 4.81. The van der Waals surface area contributed by atoms with Gasteiger partial charge < -0.3 is 9.15 Å². The zero-order valence-electron chi connectivity index (χ0n) is 11.5. The maximum absolute atomic E-state index is 12.0. The Balaban J connectivity index is 2.11. The van der Waals surface area contributed by atoms with Crippen LogP contribution < -0.4 is 5.63 Å². The second-order valence-electron chi connectivity index (χ2n) is 5.41. The Hall–Kier alpha value is -1.49. The van der Waals surface area contributed by atoms with Crippen molar-refractivity contribution in [3.63, 3.8) is 0 Å². The molecule has 0 saturated heterocycles. The van der Waals surface area contributed by atoms with Crippen LogP contribution in [0.15, 0.2) is 25.7 Å². The minimum atomic E-state index is -0.291. The van der Waals surface area contributed by atoms with E-state index in [-0.39, 0.29) is 16.5 Å². The third kappa shape index (κ3) is 2.00. The van der Waals surface area contributed by atoms with E-state index in [1.54, 1.807) is 18.7 Å². The van der Waals surface area contributed by atoms with E-state index >= 15 is 0 Å². The molecule has 1 saturated carbocycles. The normalized spacial score (nSPS) is 28.1. The molecule has 1 aromatic heterocycles. The average Bonchev–Trinajstić information content (AvgIpc) is 2.38. The van der Waals surface area contributed by atoms with Gasteiger partial charge in [-0.15, -0.1) is 11.8 Å². The van der Waals surface area contributed by atoms with Crippen LogP contribution in [0.1, 0.15) is 37.5 Å². The van der Waals surface area contributed by atoms with Gasteiger partial charge in [0.25, 0.3) is 6.47 Å². The van der Waals surface area contributed by atoms with Crippen molar-refractivity contribution in [3.8, 4) is 0 Å². The van der Waals surface area contributed by atoms with Crippen molar-refractivity contribution < 1.29 is 13.9 Å². The van der Waals surface area contributed by atoms with Gasteiger partial charge in [0.1, 0.15) is 11.9 Å². The predicted octanol–water partition coefficient (Wildman–Crippen LogP) is 2.92. The Bertz CT molecular complexity index is 646. The molecule has 0 bridgehead atoms. The molecule has 2 atom stereocenters. The lowest BCUT2D eigenvalue weighted by Gasteiger charge is -2.43. The summed E-state index contributed by atoms with van der Waals surface area (Å²) < 4.78 is 10.2. The molecule has 0 amide bonds. The Morgan fingerprint density at radius 1 is 1.55 bits per heavy atom. The van der Waals surface area contributed by atoms with Gasteiger partial charge in [0.2, 0.25) is 0 Å². The molecule has 1 aliphatic heterocycles. The summed E-state index contributed by atoms with van der Waals surface area (Å²) in [5.74, 6) is 0.602. The molecular weight excluding hydrogens is 276 g/mol. The first-order chi connectivity index (χ1) is 9.54. The van der Waals surface area contributed by atoms with Crippen LogP contribution >= 0.6 is 11.8 Å². The number of rotatable bonds is 2. The lowest BCUT2D eigenvalue weighted by Crippen LogP contribution is -2.44. The third-order valence-electron chi connectivity index (χ3n) is 4.10. The van der Waals surface area contributed by atoms with Crippen LogP contribution in [-0.2, 0) is 9.53 Å². The molecule has 106 valence electrons.